The highest BCUT2D eigenvalue weighted by molar-refractivity contribution is 6.29. The molecule has 2 heterocycles. The van der Waals surface area contributed by atoms with Gasteiger partial charge in [-0.2, -0.15) is 0 Å². The van der Waals surface area contributed by atoms with Crippen molar-refractivity contribution in [3.05, 3.63) is 41.3 Å². The average Bonchev–Trinajstić information content (AvgIpc) is 2.31. The first-order valence-electron chi connectivity index (χ1n) is 5.24. The third kappa shape index (κ3) is 2.85. The molecule has 0 aliphatic carbocycles. The summed E-state index contributed by atoms with van der Waals surface area (Å²) < 4.78 is 5.69. The first-order valence-corrected chi connectivity index (χ1v) is 5.61. The second kappa shape index (κ2) is 5.01. The summed E-state index contributed by atoms with van der Waals surface area (Å²) in [5, 5.41) is 0.393. The Hall–Kier alpha value is -1.81. The number of anilines is 1. The average molecular weight is 250 g/mol. The van der Waals surface area contributed by atoms with Crippen LogP contribution in [0.3, 0.4) is 0 Å². The third-order valence-corrected chi connectivity index (χ3v) is 2.42. The Morgan fingerprint density at radius 1 is 1.35 bits per heavy atom. The number of aryl methyl sites for hydroxylation is 1. The highest BCUT2D eigenvalue weighted by atomic mass is 35.5. The monoisotopic (exact) mass is 249 g/mol. The summed E-state index contributed by atoms with van der Waals surface area (Å²) in [6, 6.07) is 6.89. The van der Waals surface area contributed by atoms with Gasteiger partial charge in [-0.1, -0.05) is 18.5 Å². The van der Waals surface area contributed by atoms with Crippen molar-refractivity contribution in [2.24, 2.45) is 0 Å². The summed E-state index contributed by atoms with van der Waals surface area (Å²) in [6.07, 6.45) is 2.34. The summed E-state index contributed by atoms with van der Waals surface area (Å²) >= 11 is 5.78. The molecular formula is C12H12ClN3O. The van der Waals surface area contributed by atoms with Crippen LogP contribution in [0.5, 0.6) is 11.5 Å². The molecule has 88 valence electrons. The van der Waals surface area contributed by atoms with E-state index in [-0.39, 0.29) is 0 Å². The second-order valence-corrected chi connectivity index (χ2v) is 3.84. The Morgan fingerprint density at radius 2 is 2.18 bits per heavy atom. The number of ether oxygens (including phenoxy) is 1. The van der Waals surface area contributed by atoms with Crippen LogP contribution in [0.4, 0.5) is 5.82 Å². The molecule has 0 unspecified atom stereocenters. The van der Waals surface area contributed by atoms with Crippen molar-refractivity contribution in [2.45, 2.75) is 13.3 Å². The van der Waals surface area contributed by atoms with E-state index in [1.807, 2.05) is 6.92 Å². The zero-order chi connectivity index (χ0) is 12.3. The Kier molecular flexibility index (Phi) is 3.44. The fourth-order valence-electron chi connectivity index (χ4n) is 1.43. The molecule has 2 aromatic rings. The normalized spacial score (nSPS) is 10.2. The molecule has 0 aliphatic rings. The summed E-state index contributed by atoms with van der Waals surface area (Å²) in [4.78, 5) is 8.10. The van der Waals surface area contributed by atoms with Crippen molar-refractivity contribution in [3.8, 4) is 11.5 Å². The highest BCUT2D eigenvalue weighted by Gasteiger charge is 2.06. The number of rotatable bonds is 3. The van der Waals surface area contributed by atoms with Gasteiger partial charge in [0.05, 0.1) is 5.69 Å². The van der Waals surface area contributed by atoms with Gasteiger partial charge in [-0.15, -0.1) is 0 Å². The largest absolute Gasteiger partial charge is 0.455 e. The minimum Gasteiger partial charge on any atom is -0.455 e. The van der Waals surface area contributed by atoms with Gasteiger partial charge in [-0.3, -0.25) is 0 Å². The smallest absolute Gasteiger partial charge is 0.149 e. The van der Waals surface area contributed by atoms with Crippen LogP contribution < -0.4 is 10.5 Å². The van der Waals surface area contributed by atoms with Gasteiger partial charge in [0.25, 0.3) is 0 Å². The van der Waals surface area contributed by atoms with Gasteiger partial charge in [0, 0.05) is 12.3 Å². The molecule has 0 saturated heterocycles. The Labute approximate surface area is 104 Å². The second-order valence-electron chi connectivity index (χ2n) is 3.45. The summed E-state index contributed by atoms with van der Waals surface area (Å²) in [5.41, 5.74) is 6.44. The van der Waals surface area contributed by atoms with E-state index in [4.69, 9.17) is 22.1 Å². The lowest BCUT2D eigenvalue weighted by atomic mass is 10.2. The number of hydrogen-bond acceptors (Lipinski definition) is 4. The van der Waals surface area contributed by atoms with Crippen molar-refractivity contribution in [2.75, 3.05) is 5.73 Å². The SMILES string of the molecule is CCc1nc(N)ccc1Oc1ccnc(Cl)c1. The number of aromatic nitrogens is 2. The number of halogens is 1. The predicted octanol–water partition coefficient (Wildman–Crippen LogP) is 3.07. The van der Waals surface area contributed by atoms with Gasteiger partial charge in [0.1, 0.15) is 22.5 Å². The summed E-state index contributed by atoms with van der Waals surface area (Å²) in [6.45, 7) is 1.99. The van der Waals surface area contributed by atoms with E-state index in [9.17, 15) is 0 Å². The molecule has 2 aromatic heterocycles. The van der Waals surface area contributed by atoms with Crippen molar-refractivity contribution >= 4 is 17.4 Å². The quantitative estimate of drug-likeness (QED) is 0.850. The van der Waals surface area contributed by atoms with Gasteiger partial charge in [0.2, 0.25) is 0 Å². The molecule has 2 N–H and O–H groups in total. The van der Waals surface area contributed by atoms with E-state index in [0.717, 1.165) is 12.1 Å². The molecule has 0 saturated carbocycles. The van der Waals surface area contributed by atoms with Crippen molar-refractivity contribution in [1.82, 2.24) is 9.97 Å². The van der Waals surface area contributed by atoms with Gasteiger partial charge < -0.3 is 10.5 Å². The van der Waals surface area contributed by atoms with Gasteiger partial charge in [-0.05, 0) is 24.6 Å². The molecule has 0 amide bonds. The maximum absolute atomic E-state index is 5.78. The van der Waals surface area contributed by atoms with E-state index in [0.29, 0.717) is 22.5 Å². The molecule has 5 heteroatoms. The Bertz CT molecular complexity index is 531. The molecule has 0 aliphatic heterocycles. The van der Waals surface area contributed by atoms with Crippen LogP contribution in [-0.2, 0) is 6.42 Å². The first-order chi connectivity index (χ1) is 8.19. The lowest BCUT2D eigenvalue weighted by Gasteiger charge is -2.09. The Morgan fingerprint density at radius 3 is 2.88 bits per heavy atom. The zero-order valence-electron chi connectivity index (χ0n) is 9.35. The molecular weight excluding hydrogens is 238 g/mol. The number of pyridine rings is 2. The number of hydrogen-bond donors (Lipinski definition) is 1. The molecule has 4 nitrogen and oxygen atoms in total. The van der Waals surface area contributed by atoms with Crippen LogP contribution >= 0.6 is 11.6 Å². The molecule has 0 radical (unpaired) electrons. The topological polar surface area (TPSA) is 61.0 Å². The van der Waals surface area contributed by atoms with Crippen molar-refractivity contribution in [3.63, 3.8) is 0 Å². The molecule has 0 bridgehead atoms. The van der Waals surface area contributed by atoms with Gasteiger partial charge in [-0.25, -0.2) is 9.97 Å². The van der Waals surface area contributed by atoms with Crippen LogP contribution in [0.15, 0.2) is 30.5 Å². The van der Waals surface area contributed by atoms with E-state index in [1.165, 1.54) is 0 Å². The maximum Gasteiger partial charge on any atom is 0.149 e. The van der Waals surface area contributed by atoms with E-state index >= 15 is 0 Å². The number of nitrogens with zero attached hydrogens (tertiary/aromatic N) is 2. The van der Waals surface area contributed by atoms with E-state index in [1.54, 1.807) is 30.5 Å². The summed E-state index contributed by atoms with van der Waals surface area (Å²) in [5.74, 6) is 1.80. The molecule has 0 aromatic carbocycles. The first kappa shape index (κ1) is 11.7. The van der Waals surface area contributed by atoms with Crippen LogP contribution in [0, 0.1) is 0 Å². The van der Waals surface area contributed by atoms with Crippen molar-refractivity contribution in [1.29, 1.82) is 0 Å². The van der Waals surface area contributed by atoms with E-state index < -0.39 is 0 Å². The van der Waals surface area contributed by atoms with Gasteiger partial charge >= 0.3 is 0 Å². The lowest BCUT2D eigenvalue weighted by molar-refractivity contribution is 0.473. The minimum atomic E-state index is 0.393. The van der Waals surface area contributed by atoms with Crippen LogP contribution in [0.2, 0.25) is 5.15 Å². The van der Waals surface area contributed by atoms with Crippen LogP contribution in [0.25, 0.3) is 0 Å². The predicted molar refractivity (Wildman–Crippen MR) is 67.3 cm³/mol. The van der Waals surface area contributed by atoms with Crippen LogP contribution in [0.1, 0.15) is 12.6 Å². The number of nitrogen functional groups attached to an aromatic ring is 1. The minimum absolute atomic E-state index is 0.393. The fraction of sp³-hybridized carbons (Fsp3) is 0.167. The third-order valence-electron chi connectivity index (χ3n) is 2.21. The maximum atomic E-state index is 5.78. The zero-order valence-corrected chi connectivity index (χ0v) is 10.1. The fourth-order valence-corrected chi connectivity index (χ4v) is 1.59. The Balaban J connectivity index is 2.29. The highest BCUT2D eigenvalue weighted by Crippen LogP contribution is 2.26. The standard InChI is InChI=1S/C12H12ClN3O/c1-2-9-10(3-4-12(14)16-9)17-8-5-6-15-11(13)7-8/h3-7H,2H2,1H3,(H2,14,16). The van der Waals surface area contributed by atoms with Crippen molar-refractivity contribution < 1.29 is 4.74 Å². The molecule has 2 rings (SSSR count). The van der Waals surface area contributed by atoms with E-state index in [2.05, 4.69) is 9.97 Å². The molecule has 0 fully saturated rings. The number of nitrogens with two attached hydrogens (primary N) is 1. The summed E-state index contributed by atoms with van der Waals surface area (Å²) in [7, 11) is 0. The molecule has 0 atom stereocenters. The lowest BCUT2D eigenvalue weighted by Crippen LogP contribution is -1.98. The molecule has 17 heavy (non-hydrogen) atoms. The van der Waals surface area contributed by atoms with Gasteiger partial charge in [0.15, 0.2) is 0 Å². The van der Waals surface area contributed by atoms with Crippen LogP contribution in [-0.4, -0.2) is 9.97 Å². The molecule has 0 spiro atoms.